The molecule has 1 rings (SSSR count). The van der Waals surface area contributed by atoms with Gasteiger partial charge in [0.15, 0.2) is 0 Å². The Morgan fingerprint density at radius 2 is 2.00 bits per heavy atom. The zero-order chi connectivity index (χ0) is 8.85. The van der Waals surface area contributed by atoms with Crippen LogP contribution in [-0.2, 0) is 0 Å². The van der Waals surface area contributed by atoms with Gasteiger partial charge in [0.05, 0.1) is 0 Å². The molecule has 0 spiro atoms. The summed E-state index contributed by atoms with van der Waals surface area (Å²) in [6.45, 7) is 5.84. The number of halogens is 1. The number of hydrogen-bond donors (Lipinski definition) is 1. The standard InChI is InChI=1S/C6H7ClN2.C2H6/c1-4-5(7)2-3-9-6(4)8;1-2/h2-3H,1H3,(H2,8,9);1-2H3. The molecule has 2 nitrogen and oxygen atoms in total. The number of nitrogen functional groups attached to an aromatic ring is 1. The molecule has 0 atom stereocenters. The van der Waals surface area contributed by atoms with Crippen LogP contribution in [0.15, 0.2) is 12.3 Å². The summed E-state index contributed by atoms with van der Waals surface area (Å²) < 4.78 is 0. The molecule has 0 aliphatic carbocycles. The molecule has 2 N–H and O–H groups in total. The van der Waals surface area contributed by atoms with Crippen LogP contribution in [0.1, 0.15) is 19.4 Å². The number of anilines is 1. The van der Waals surface area contributed by atoms with Crippen molar-refractivity contribution in [1.82, 2.24) is 4.98 Å². The average molecular weight is 173 g/mol. The molecule has 0 aromatic carbocycles. The van der Waals surface area contributed by atoms with E-state index in [-0.39, 0.29) is 0 Å². The van der Waals surface area contributed by atoms with Gasteiger partial charge in [0.2, 0.25) is 0 Å². The van der Waals surface area contributed by atoms with Crippen LogP contribution in [-0.4, -0.2) is 4.98 Å². The Bertz CT molecular complexity index is 203. The molecule has 0 saturated heterocycles. The minimum Gasteiger partial charge on any atom is -0.383 e. The van der Waals surface area contributed by atoms with Gasteiger partial charge in [-0.3, -0.25) is 0 Å². The lowest BCUT2D eigenvalue weighted by Gasteiger charge is -1.97. The Balaban J connectivity index is 0.000000461. The van der Waals surface area contributed by atoms with Crippen LogP contribution in [0.25, 0.3) is 0 Å². The molecule has 3 heteroatoms. The fourth-order valence-electron chi connectivity index (χ4n) is 0.527. The van der Waals surface area contributed by atoms with Crippen molar-refractivity contribution < 1.29 is 0 Å². The van der Waals surface area contributed by atoms with Crippen molar-refractivity contribution in [3.05, 3.63) is 22.8 Å². The maximum absolute atomic E-state index is 5.69. The van der Waals surface area contributed by atoms with E-state index in [1.54, 1.807) is 12.3 Å². The van der Waals surface area contributed by atoms with E-state index in [9.17, 15) is 0 Å². The van der Waals surface area contributed by atoms with E-state index in [2.05, 4.69) is 4.98 Å². The van der Waals surface area contributed by atoms with Gasteiger partial charge in [0.25, 0.3) is 0 Å². The minimum atomic E-state index is 0.502. The fraction of sp³-hybridized carbons (Fsp3) is 0.375. The second kappa shape index (κ2) is 4.97. The highest BCUT2D eigenvalue weighted by Crippen LogP contribution is 2.16. The highest BCUT2D eigenvalue weighted by atomic mass is 35.5. The largest absolute Gasteiger partial charge is 0.383 e. The molecule has 0 radical (unpaired) electrons. The first-order chi connectivity index (χ1) is 5.22. The molecule has 0 amide bonds. The Kier molecular flexibility index (Phi) is 4.62. The Hall–Kier alpha value is -0.760. The van der Waals surface area contributed by atoms with Crippen molar-refractivity contribution in [2.75, 3.05) is 5.73 Å². The van der Waals surface area contributed by atoms with E-state index in [1.165, 1.54) is 0 Å². The number of pyridine rings is 1. The molecular weight excluding hydrogens is 160 g/mol. The van der Waals surface area contributed by atoms with Gasteiger partial charge in [0, 0.05) is 16.8 Å². The van der Waals surface area contributed by atoms with Gasteiger partial charge in [-0.2, -0.15) is 0 Å². The third-order valence-electron chi connectivity index (χ3n) is 1.18. The third kappa shape index (κ3) is 2.76. The van der Waals surface area contributed by atoms with Crippen LogP contribution < -0.4 is 5.73 Å². The molecule has 0 aliphatic heterocycles. The van der Waals surface area contributed by atoms with Gasteiger partial charge in [-0.1, -0.05) is 25.4 Å². The van der Waals surface area contributed by atoms with Gasteiger partial charge in [-0.25, -0.2) is 4.98 Å². The van der Waals surface area contributed by atoms with Gasteiger partial charge in [0.1, 0.15) is 5.82 Å². The normalized spacial score (nSPS) is 8.36. The molecule has 0 bridgehead atoms. The summed E-state index contributed by atoms with van der Waals surface area (Å²) in [4.78, 5) is 3.83. The molecule has 1 aromatic heterocycles. The predicted octanol–water partition coefficient (Wildman–Crippen LogP) is 2.65. The number of nitrogens with two attached hydrogens (primary N) is 1. The Morgan fingerprint density at radius 3 is 2.36 bits per heavy atom. The van der Waals surface area contributed by atoms with Gasteiger partial charge < -0.3 is 5.73 Å². The Labute approximate surface area is 72.4 Å². The summed E-state index contributed by atoms with van der Waals surface area (Å²) >= 11 is 5.69. The first-order valence-electron chi connectivity index (χ1n) is 3.58. The van der Waals surface area contributed by atoms with Crippen molar-refractivity contribution >= 4 is 17.4 Å². The first kappa shape index (κ1) is 10.2. The van der Waals surface area contributed by atoms with Gasteiger partial charge in [-0.05, 0) is 13.0 Å². The molecular formula is C8H13ClN2. The van der Waals surface area contributed by atoms with Crippen LogP contribution in [0.3, 0.4) is 0 Å². The van der Waals surface area contributed by atoms with Crippen molar-refractivity contribution in [2.24, 2.45) is 0 Å². The summed E-state index contributed by atoms with van der Waals surface area (Å²) in [6, 6.07) is 1.72. The monoisotopic (exact) mass is 172 g/mol. The minimum absolute atomic E-state index is 0.502. The predicted molar refractivity (Wildman–Crippen MR) is 49.7 cm³/mol. The van der Waals surface area contributed by atoms with Crippen molar-refractivity contribution in [2.45, 2.75) is 20.8 Å². The average Bonchev–Trinajstić information content (AvgIpc) is 2.04. The van der Waals surface area contributed by atoms with Crippen LogP contribution in [0, 0.1) is 6.92 Å². The quantitative estimate of drug-likeness (QED) is 0.654. The second-order valence-corrected chi connectivity index (χ2v) is 2.21. The number of nitrogens with zero attached hydrogens (tertiary/aromatic N) is 1. The number of rotatable bonds is 0. The maximum atomic E-state index is 5.69. The van der Waals surface area contributed by atoms with Crippen LogP contribution in [0.4, 0.5) is 5.82 Å². The summed E-state index contributed by atoms with van der Waals surface area (Å²) in [5.74, 6) is 0.502. The SMILES string of the molecule is CC.Cc1c(Cl)ccnc1N. The molecule has 1 heterocycles. The molecule has 0 saturated carbocycles. The van der Waals surface area contributed by atoms with E-state index >= 15 is 0 Å². The van der Waals surface area contributed by atoms with Crippen molar-refractivity contribution in [3.63, 3.8) is 0 Å². The number of hydrogen-bond acceptors (Lipinski definition) is 2. The summed E-state index contributed by atoms with van der Waals surface area (Å²) in [7, 11) is 0. The molecule has 11 heavy (non-hydrogen) atoms. The first-order valence-corrected chi connectivity index (χ1v) is 3.96. The van der Waals surface area contributed by atoms with Crippen LogP contribution >= 0.6 is 11.6 Å². The smallest absolute Gasteiger partial charge is 0.127 e. The molecule has 62 valence electrons. The van der Waals surface area contributed by atoms with E-state index in [0.29, 0.717) is 10.8 Å². The lowest BCUT2D eigenvalue weighted by atomic mass is 10.3. The van der Waals surface area contributed by atoms with E-state index in [0.717, 1.165) is 5.56 Å². The lowest BCUT2D eigenvalue weighted by Crippen LogP contribution is -1.92. The third-order valence-corrected chi connectivity index (χ3v) is 1.59. The van der Waals surface area contributed by atoms with E-state index in [1.807, 2.05) is 20.8 Å². The van der Waals surface area contributed by atoms with Crippen molar-refractivity contribution in [1.29, 1.82) is 0 Å². The maximum Gasteiger partial charge on any atom is 0.127 e. The van der Waals surface area contributed by atoms with Gasteiger partial charge in [-0.15, -0.1) is 0 Å². The second-order valence-electron chi connectivity index (χ2n) is 1.80. The molecule has 0 aliphatic rings. The summed E-state index contributed by atoms with van der Waals surface area (Å²) in [5, 5.41) is 0.669. The zero-order valence-electron chi connectivity index (χ0n) is 7.06. The summed E-state index contributed by atoms with van der Waals surface area (Å²) in [6.07, 6.45) is 1.59. The van der Waals surface area contributed by atoms with E-state index in [4.69, 9.17) is 17.3 Å². The molecule has 1 aromatic rings. The van der Waals surface area contributed by atoms with Crippen LogP contribution in [0.2, 0.25) is 5.02 Å². The lowest BCUT2D eigenvalue weighted by molar-refractivity contribution is 1.28. The Morgan fingerprint density at radius 1 is 1.45 bits per heavy atom. The topological polar surface area (TPSA) is 38.9 Å². The van der Waals surface area contributed by atoms with Gasteiger partial charge >= 0.3 is 0 Å². The molecule has 0 fully saturated rings. The summed E-state index contributed by atoms with van der Waals surface area (Å²) in [5.41, 5.74) is 6.27. The fourth-order valence-corrected chi connectivity index (χ4v) is 0.680. The molecule has 0 unspecified atom stereocenters. The zero-order valence-corrected chi connectivity index (χ0v) is 7.81. The highest BCUT2D eigenvalue weighted by Gasteiger charge is 1.96. The van der Waals surface area contributed by atoms with Crippen molar-refractivity contribution in [3.8, 4) is 0 Å². The highest BCUT2D eigenvalue weighted by molar-refractivity contribution is 6.31. The van der Waals surface area contributed by atoms with E-state index < -0.39 is 0 Å². The van der Waals surface area contributed by atoms with Crippen LogP contribution in [0.5, 0.6) is 0 Å². The number of aromatic nitrogens is 1.